The Labute approximate surface area is 120 Å². The second-order valence-corrected chi connectivity index (χ2v) is 5.64. The lowest BCUT2D eigenvalue weighted by molar-refractivity contribution is 0.0949. The van der Waals surface area contributed by atoms with Gasteiger partial charge in [0.15, 0.2) is 0 Å². The largest absolute Gasteiger partial charge is 0.397 e. The number of benzene rings is 1. The summed E-state index contributed by atoms with van der Waals surface area (Å²) in [7, 11) is 5.96. The van der Waals surface area contributed by atoms with Crippen LogP contribution in [-0.4, -0.2) is 51.1 Å². The summed E-state index contributed by atoms with van der Waals surface area (Å²) in [5.41, 5.74) is 8.12. The monoisotopic (exact) mass is 276 g/mol. The molecule has 0 aliphatic heterocycles. The Morgan fingerprint density at radius 1 is 1.35 bits per heavy atom. The van der Waals surface area contributed by atoms with E-state index in [1.165, 1.54) is 12.8 Å². The molecule has 1 aliphatic rings. The Hall–Kier alpha value is -1.75. The Bertz CT molecular complexity index is 483. The normalized spacial score (nSPS) is 14.4. The van der Waals surface area contributed by atoms with Crippen LogP contribution in [0.2, 0.25) is 0 Å². The maximum Gasteiger partial charge on any atom is 0.251 e. The minimum atomic E-state index is -0.0637. The summed E-state index contributed by atoms with van der Waals surface area (Å²) in [5, 5.41) is 2.94. The van der Waals surface area contributed by atoms with E-state index in [0.717, 1.165) is 18.3 Å². The molecule has 1 saturated carbocycles. The Morgan fingerprint density at radius 3 is 2.60 bits per heavy atom. The highest BCUT2D eigenvalue weighted by molar-refractivity contribution is 5.96. The van der Waals surface area contributed by atoms with Crippen LogP contribution >= 0.6 is 0 Å². The second-order valence-electron chi connectivity index (χ2n) is 5.64. The lowest BCUT2D eigenvalue weighted by Crippen LogP contribution is -2.34. The van der Waals surface area contributed by atoms with Crippen LogP contribution in [-0.2, 0) is 0 Å². The van der Waals surface area contributed by atoms with E-state index in [1.54, 1.807) is 6.07 Å². The third-order valence-electron chi connectivity index (χ3n) is 3.69. The molecule has 0 bridgehead atoms. The van der Waals surface area contributed by atoms with Crippen LogP contribution in [0.5, 0.6) is 0 Å². The van der Waals surface area contributed by atoms with Gasteiger partial charge in [-0.1, -0.05) is 0 Å². The summed E-state index contributed by atoms with van der Waals surface area (Å²) in [6.07, 6.45) is 2.57. The van der Waals surface area contributed by atoms with Gasteiger partial charge in [-0.25, -0.2) is 0 Å². The number of nitrogens with zero attached hydrogens (tertiary/aromatic N) is 2. The van der Waals surface area contributed by atoms with Crippen molar-refractivity contribution in [3.05, 3.63) is 23.8 Å². The van der Waals surface area contributed by atoms with Crippen molar-refractivity contribution in [1.82, 2.24) is 10.2 Å². The molecule has 1 aromatic rings. The molecule has 0 atom stereocenters. The fourth-order valence-electron chi connectivity index (χ4n) is 2.25. The highest BCUT2D eigenvalue weighted by Gasteiger charge is 2.25. The van der Waals surface area contributed by atoms with Crippen molar-refractivity contribution in [3.8, 4) is 0 Å². The zero-order chi connectivity index (χ0) is 14.7. The van der Waals surface area contributed by atoms with Crippen LogP contribution in [0.3, 0.4) is 0 Å². The SMILES string of the molecule is CN(C)c1ccc(C(=O)NCCN(C)C2CC2)cc1N. The number of hydrogen-bond acceptors (Lipinski definition) is 4. The van der Waals surface area contributed by atoms with Gasteiger partial charge >= 0.3 is 0 Å². The number of hydrogen-bond donors (Lipinski definition) is 2. The molecule has 2 rings (SSSR count). The van der Waals surface area contributed by atoms with Crippen molar-refractivity contribution in [2.24, 2.45) is 0 Å². The molecule has 5 heteroatoms. The first kappa shape index (κ1) is 14.7. The van der Waals surface area contributed by atoms with Gasteiger partial charge in [0.25, 0.3) is 5.91 Å². The minimum Gasteiger partial charge on any atom is -0.397 e. The van der Waals surface area contributed by atoms with Gasteiger partial charge in [0.2, 0.25) is 0 Å². The van der Waals surface area contributed by atoms with Crippen molar-refractivity contribution in [2.45, 2.75) is 18.9 Å². The number of likely N-dealkylation sites (N-methyl/N-ethyl adjacent to an activating group) is 1. The Morgan fingerprint density at radius 2 is 2.05 bits per heavy atom. The van der Waals surface area contributed by atoms with Gasteiger partial charge in [0, 0.05) is 38.8 Å². The molecule has 1 aliphatic carbocycles. The summed E-state index contributed by atoms with van der Waals surface area (Å²) < 4.78 is 0. The van der Waals surface area contributed by atoms with Crippen LogP contribution < -0.4 is 16.0 Å². The second kappa shape index (κ2) is 6.13. The summed E-state index contributed by atoms with van der Waals surface area (Å²) in [6.45, 7) is 1.56. The van der Waals surface area contributed by atoms with Crippen molar-refractivity contribution in [3.63, 3.8) is 0 Å². The number of rotatable bonds is 6. The van der Waals surface area contributed by atoms with Crippen LogP contribution in [0.4, 0.5) is 11.4 Å². The van der Waals surface area contributed by atoms with Crippen LogP contribution in [0.1, 0.15) is 23.2 Å². The molecular weight excluding hydrogens is 252 g/mol. The number of nitrogens with two attached hydrogens (primary N) is 1. The smallest absolute Gasteiger partial charge is 0.251 e. The topological polar surface area (TPSA) is 61.6 Å². The van der Waals surface area contributed by atoms with E-state index in [4.69, 9.17) is 5.73 Å². The van der Waals surface area contributed by atoms with E-state index in [9.17, 15) is 4.79 Å². The quantitative estimate of drug-likeness (QED) is 0.765. The zero-order valence-corrected chi connectivity index (χ0v) is 12.5. The number of carbonyl (C=O) groups excluding carboxylic acids is 1. The van der Waals surface area contributed by atoms with E-state index in [-0.39, 0.29) is 5.91 Å². The highest BCUT2D eigenvalue weighted by atomic mass is 16.1. The lowest BCUT2D eigenvalue weighted by atomic mass is 10.1. The van der Waals surface area contributed by atoms with E-state index in [1.807, 2.05) is 31.1 Å². The predicted molar refractivity (Wildman–Crippen MR) is 83.2 cm³/mol. The van der Waals surface area contributed by atoms with Gasteiger partial charge in [-0.15, -0.1) is 0 Å². The number of anilines is 2. The third kappa shape index (κ3) is 3.63. The first-order valence-corrected chi connectivity index (χ1v) is 7.04. The molecule has 1 fully saturated rings. The Balaban J connectivity index is 1.87. The molecule has 0 heterocycles. The van der Waals surface area contributed by atoms with E-state index in [0.29, 0.717) is 17.8 Å². The molecule has 110 valence electrons. The number of carbonyl (C=O) groups is 1. The van der Waals surface area contributed by atoms with Crippen LogP contribution in [0.25, 0.3) is 0 Å². The third-order valence-corrected chi connectivity index (χ3v) is 3.69. The van der Waals surface area contributed by atoms with Gasteiger partial charge in [-0.05, 0) is 38.1 Å². The van der Waals surface area contributed by atoms with Gasteiger partial charge < -0.3 is 20.9 Å². The molecule has 0 unspecified atom stereocenters. The molecule has 0 spiro atoms. The predicted octanol–water partition coefficient (Wildman–Crippen LogP) is 1.16. The number of nitrogen functional groups attached to an aromatic ring is 1. The fraction of sp³-hybridized carbons (Fsp3) is 0.533. The summed E-state index contributed by atoms with van der Waals surface area (Å²) in [5.74, 6) is -0.0637. The average Bonchev–Trinajstić information content (AvgIpc) is 3.22. The van der Waals surface area contributed by atoms with Crippen molar-refractivity contribution in [2.75, 3.05) is 44.9 Å². The first-order valence-electron chi connectivity index (χ1n) is 7.04. The van der Waals surface area contributed by atoms with E-state index >= 15 is 0 Å². The molecule has 5 nitrogen and oxygen atoms in total. The summed E-state index contributed by atoms with van der Waals surface area (Å²) in [6, 6.07) is 6.14. The Kier molecular flexibility index (Phi) is 4.49. The van der Waals surface area contributed by atoms with Gasteiger partial charge in [-0.3, -0.25) is 4.79 Å². The maximum atomic E-state index is 12.0. The molecule has 0 radical (unpaired) electrons. The fourth-order valence-corrected chi connectivity index (χ4v) is 2.25. The molecule has 20 heavy (non-hydrogen) atoms. The average molecular weight is 276 g/mol. The molecule has 3 N–H and O–H groups in total. The molecule has 0 aromatic heterocycles. The highest BCUT2D eigenvalue weighted by Crippen LogP contribution is 2.24. The van der Waals surface area contributed by atoms with Crippen molar-refractivity contribution >= 4 is 17.3 Å². The zero-order valence-electron chi connectivity index (χ0n) is 12.5. The standard InChI is InChI=1S/C15H24N4O/c1-18(2)14-7-4-11(10-13(14)16)15(20)17-8-9-19(3)12-5-6-12/h4,7,10,12H,5-6,8-9,16H2,1-3H3,(H,17,20). The lowest BCUT2D eigenvalue weighted by Gasteiger charge is -2.17. The molecular formula is C15H24N4O. The van der Waals surface area contributed by atoms with Crippen LogP contribution in [0, 0.1) is 0 Å². The summed E-state index contributed by atoms with van der Waals surface area (Å²) in [4.78, 5) is 16.3. The van der Waals surface area contributed by atoms with Gasteiger partial charge in [0.1, 0.15) is 0 Å². The van der Waals surface area contributed by atoms with Crippen molar-refractivity contribution in [1.29, 1.82) is 0 Å². The van der Waals surface area contributed by atoms with E-state index in [2.05, 4.69) is 17.3 Å². The van der Waals surface area contributed by atoms with E-state index < -0.39 is 0 Å². The van der Waals surface area contributed by atoms with Crippen LogP contribution in [0.15, 0.2) is 18.2 Å². The van der Waals surface area contributed by atoms with Crippen molar-refractivity contribution < 1.29 is 4.79 Å². The first-order chi connectivity index (χ1) is 9.49. The molecule has 1 amide bonds. The number of nitrogens with one attached hydrogen (secondary N) is 1. The molecule has 1 aromatic carbocycles. The number of amides is 1. The molecule has 0 saturated heterocycles. The maximum absolute atomic E-state index is 12.0. The summed E-state index contributed by atoms with van der Waals surface area (Å²) >= 11 is 0. The minimum absolute atomic E-state index is 0.0637. The van der Waals surface area contributed by atoms with Gasteiger partial charge in [-0.2, -0.15) is 0 Å². The van der Waals surface area contributed by atoms with Gasteiger partial charge in [0.05, 0.1) is 11.4 Å².